The number of nitrogens with zero attached hydrogens (tertiary/aromatic N) is 1. The van der Waals surface area contributed by atoms with Gasteiger partial charge in [-0.15, -0.1) is 0 Å². The van der Waals surface area contributed by atoms with Gasteiger partial charge in [0, 0.05) is 0 Å². The Morgan fingerprint density at radius 3 is 2.38 bits per heavy atom. The molecule has 0 aliphatic rings. The molecule has 0 amide bonds. The number of rotatable bonds is 1. The Bertz CT molecular complexity index is 138. The predicted molar refractivity (Wildman–Crippen MR) is 34.0 cm³/mol. The lowest BCUT2D eigenvalue weighted by Crippen LogP contribution is -2.13. The van der Waals surface area contributed by atoms with Gasteiger partial charge in [-0.25, -0.2) is 0 Å². The molecule has 44 valence electrons. The second kappa shape index (κ2) is 3.15. The molecule has 0 saturated heterocycles. The van der Waals surface area contributed by atoms with Crippen molar-refractivity contribution in [2.24, 2.45) is 10.7 Å². The summed E-state index contributed by atoms with van der Waals surface area (Å²) in [6, 6.07) is 0. The third-order valence-electron chi connectivity index (χ3n) is 0.375. The van der Waals surface area contributed by atoms with Crippen molar-refractivity contribution in [3.63, 3.8) is 0 Å². The van der Waals surface area contributed by atoms with Crippen LogP contribution < -0.4 is 5.73 Å². The molecule has 0 bridgehead atoms. The standard InChI is InChI=1S/C3H5ClN4/c4-3(7)8-2(6)1-5/h1,5H,(H3,6,7,8). The number of amidine groups is 2. The van der Waals surface area contributed by atoms with E-state index in [2.05, 4.69) is 4.99 Å². The van der Waals surface area contributed by atoms with Gasteiger partial charge in [0.2, 0.25) is 5.29 Å². The van der Waals surface area contributed by atoms with Crippen LogP contribution in [-0.4, -0.2) is 17.3 Å². The Labute approximate surface area is 51.4 Å². The predicted octanol–water partition coefficient (Wildman–Crippen LogP) is 0.167. The maximum atomic E-state index is 6.52. The molecule has 4 nitrogen and oxygen atoms in total. The molecular weight excluding hydrogens is 128 g/mol. The first-order valence-electron chi connectivity index (χ1n) is 1.75. The largest absolute Gasteiger partial charge is 0.382 e. The number of halogens is 1. The molecule has 0 radical (unpaired) electrons. The molecule has 0 heterocycles. The highest BCUT2D eigenvalue weighted by molar-refractivity contribution is 6.65. The zero-order valence-electron chi connectivity index (χ0n) is 3.98. The molecule has 0 aromatic rings. The SMILES string of the molecule is N=C/C(N)=N\C(=N)Cl. The van der Waals surface area contributed by atoms with E-state index < -0.39 is 5.29 Å². The van der Waals surface area contributed by atoms with Crippen LogP contribution in [0.15, 0.2) is 4.99 Å². The van der Waals surface area contributed by atoms with Crippen LogP contribution in [0.4, 0.5) is 0 Å². The normalized spacial score (nSPS) is 10.9. The second-order valence-corrected chi connectivity index (χ2v) is 1.33. The third-order valence-corrected chi connectivity index (χ3v) is 0.460. The molecular formula is C3H5ClN4. The van der Waals surface area contributed by atoms with Gasteiger partial charge in [0.15, 0.2) is 0 Å². The fourth-order valence-corrected chi connectivity index (χ4v) is 0.243. The van der Waals surface area contributed by atoms with E-state index in [0.29, 0.717) is 0 Å². The fourth-order valence-electron chi connectivity index (χ4n) is 0.146. The number of nitrogens with one attached hydrogen (secondary N) is 2. The summed E-state index contributed by atoms with van der Waals surface area (Å²) in [5.41, 5.74) is 4.96. The average Bonchev–Trinajstić information content (AvgIpc) is 1.65. The van der Waals surface area contributed by atoms with Crippen molar-refractivity contribution < 1.29 is 0 Å². The highest BCUT2D eigenvalue weighted by Gasteiger charge is 1.84. The van der Waals surface area contributed by atoms with Crippen molar-refractivity contribution in [2.75, 3.05) is 0 Å². The lowest BCUT2D eigenvalue weighted by atomic mass is 10.7. The van der Waals surface area contributed by atoms with Crippen LogP contribution in [0.5, 0.6) is 0 Å². The molecule has 4 N–H and O–H groups in total. The highest BCUT2D eigenvalue weighted by atomic mass is 35.5. The van der Waals surface area contributed by atoms with E-state index in [-0.39, 0.29) is 5.84 Å². The number of hydrogen-bond donors (Lipinski definition) is 3. The Morgan fingerprint density at radius 2 is 2.25 bits per heavy atom. The fraction of sp³-hybridized carbons (Fsp3) is 0. The van der Waals surface area contributed by atoms with Gasteiger partial charge in [-0.05, 0) is 11.6 Å². The lowest BCUT2D eigenvalue weighted by Gasteiger charge is -1.83. The van der Waals surface area contributed by atoms with E-state index in [9.17, 15) is 0 Å². The summed E-state index contributed by atoms with van der Waals surface area (Å²) >= 11 is 4.96. The summed E-state index contributed by atoms with van der Waals surface area (Å²) in [4.78, 5) is 3.20. The number of hydrogen-bond acceptors (Lipinski definition) is 2. The topological polar surface area (TPSA) is 86.1 Å². The van der Waals surface area contributed by atoms with Gasteiger partial charge >= 0.3 is 0 Å². The van der Waals surface area contributed by atoms with E-state index in [0.717, 1.165) is 6.21 Å². The van der Waals surface area contributed by atoms with Crippen LogP contribution in [-0.2, 0) is 0 Å². The van der Waals surface area contributed by atoms with E-state index in [1.165, 1.54) is 0 Å². The third kappa shape index (κ3) is 3.30. The summed E-state index contributed by atoms with van der Waals surface area (Å²) < 4.78 is 0. The summed E-state index contributed by atoms with van der Waals surface area (Å²) in [6.45, 7) is 0. The van der Waals surface area contributed by atoms with Crippen molar-refractivity contribution in [1.29, 1.82) is 10.8 Å². The first-order valence-corrected chi connectivity index (χ1v) is 2.13. The minimum absolute atomic E-state index is 0.0648. The summed E-state index contributed by atoms with van der Waals surface area (Å²) in [5.74, 6) is -0.0648. The zero-order valence-corrected chi connectivity index (χ0v) is 4.74. The molecule has 5 heteroatoms. The van der Waals surface area contributed by atoms with Crippen LogP contribution in [0.25, 0.3) is 0 Å². The van der Waals surface area contributed by atoms with Gasteiger partial charge in [0.05, 0.1) is 6.21 Å². The lowest BCUT2D eigenvalue weighted by molar-refractivity contribution is 1.48. The molecule has 0 saturated carbocycles. The molecule has 0 atom stereocenters. The Morgan fingerprint density at radius 1 is 1.75 bits per heavy atom. The van der Waals surface area contributed by atoms with Crippen molar-refractivity contribution in [2.45, 2.75) is 0 Å². The smallest absolute Gasteiger partial charge is 0.216 e. The summed E-state index contributed by atoms with van der Waals surface area (Å²) in [5, 5.41) is 12.6. The number of aliphatic imine (C=N–C) groups is 1. The van der Waals surface area contributed by atoms with Gasteiger partial charge in [0.1, 0.15) is 5.84 Å². The van der Waals surface area contributed by atoms with Gasteiger partial charge in [-0.3, -0.25) is 5.41 Å². The maximum Gasteiger partial charge on any atom is 0.216 e. The van der Waals surface area contributed by atoms with Crippen molar-refractivity contribution >= 4 is 28.9 Å². The highest BCUT2D eigenvalue weighted by Crippen LogP contribution is 1.79. The van der Waals surface area contributed by atoms with Crippen molar-refractivity contribution in [3.05, 3.63) is 0 Å². The first kappa shape index (κ1) is 7.10. The summed E-state index contributed by atoms with van der Waals surface area (Å²) in [7, 11) is 0. The van der Waals surface area contributed by atoms with E-state index in [4.69, 9.17) is 28.2 Å². The van der Waals surface area contributed by atoms with E-state index in [1.807, 2.05) is 0 Å². The van der Waals surface area contributed by atoms with Crippen LogP contribution >= 0.6 is 11.6 Å². The second-order valence-electron chi connectivity index (χ2n) is 0.972. The molecule has 0 aromatic heterocycles. The van der Waals surface area contributed by atoms with Gasteiger partial charge in [-0.1, -0.05) is 0 Å². The van der Waals surface area contributed by atoms with E-state index >= 15 is 0 Å². The molecule has 0 spiro atoms. The van der Waals surface area contributed by atoms with E-state index in [1.54, 1.807) is 0 Å². The molecule has 0 fully saturated rings. The maximum absolute atomic E-state index is 6.52. The van der Waals surface area contributed by atoms with Crippen LogP contribution in [0.1, 0.15) is 0 Å². The van der Waals surface area contributed by atoms with Crippen LogP contribution in [0.3, 0.4) is 0 Å². The molecule has 0 aromatic carbocycles. The average molecular weight is 133 g/mol. The molecule has 0 unspecified atom stereocenters. The van der Waals surface area contributed by atoms with Crippen molar-refractivity contribution in [3.8, 4) is 0 Å². The molecule has 0 aliphatic carbocycles. The Kier molecular flexibility index (Phi) is 2.79. The molecule has 0 rings (SSSR count). The number of nitrogens with two attached hydrogens (primary N) is 1. The summed E-state index contributed by atoms with van der Waals surface area (Å²) in [6.07, 6.45) is 0.816. The van der Waals surface area contributed by atoms with Crippen molar-refractivity contribution in [1.82, 2.24) is 0 Å². The Balaban J connectivity index is 3.94. The minimum Gasteiger partial charge on any atom is -0.382 e. The van der Waals surface area contributed by atoms with Gasteiger partial charge < -0.3 is 11.1 Å². The molecule has 8 heavy (non-hydrogen) atoms. The van der Waals surface area contributed by atoms with Crippen LogP contribution in [0, 0.1) is 10.8 Å². The minimum atomic E-state index is -0.411. The van der Waals surface area contributed by atoms with Gasteiger partial charge in [0.25, 0.3) is 0 Å². The quantitative estimate of drug-likeness (QED) is 0.265. The first-order chi connectivity index (χ1) is 3.66. The van der Waals surface area contributed by atoms with Gasteiger partial charge in [-0.2, -0.15) is 4.99 Å². The zero-order chi connectivity index (χ0) is 6.57. The van der Waals surface area contributed by atoms with Crippen LogP contribution in [0.2, 0.25) is 0 Å². The molecule has 0 aliphatic heterocycles. The Hall–Kier alpha value is -0.900. The monoisotopic (exact) mass is 132 g/mol.